The lowest BCUT2D eigenvalue weighted by molar-refractivity contribution is 0.0690. The number of thioether (sulfide) groups is 1. The van der Waals surface area contributed by atoms with Gasteiger partial charge in [0.1, 0.15) is 5.69 Å². The Labute approximate surface area is 91.5 Å². The average Bonchev–Trinajstić information content (AvgIpc) is 2.30. The number of aromatic nitrogens is 1. The van der Waals surface area contributed by atoms with Crippen LogP contribution in [-0.2, 0) is 0 Å². The average molecular weight is 219 g/mol. The summed E-state index contributed by atoms with van der Waals surface area (Å²) in [7, 11) is 0. The Morgan fingerprint density at radius 2 is 2.33 bits per heavy atom. The first kappa shape index (κ1) is 9.98. The van der Waals surface area contributed by atoms with E-state index in [1.807, 2.05) is 11.5 Å². The number of hydrogen-bond acceptors (Lipinski definition) is 3. The summed E-state index contributed by atoms with van der Waals surface area (Å²) in [6.07, 6.45) is 5.70. The van der Waals surface area contributed by atoms with Crippen molar-refractivity contribution in [3.05, 3.63) is 47.1 Å². The fraction of sp³-hybridized carbons (Fsp3) is 0.0909. The SMILES string of the molecule is O=C(O)c1ccc(C2=CCSC=C2)cn1. The van der Waals surface area contributed by atoms with E-state index in [0.717, 1.165) is 16.9 Å². The van der Waals surface area contributed by atoms with Crippen molar-refractivity contribution < 1.29 is 9.90 Å². The Kier molecular flexibility index (Phi) is 2.87. The zero-order valence-corrected chi connectivity index (χ0v) is 8.70. The van der Waals surface area contributed by atoms with Crippen LogP contribution in [0.15, 0.2) is 35.9 Å². The molecule has 1 aromatic rings. The summed E-state index contributed by atoms with van der Waals surface area (Å²) in [5.41, 5.74) is 2.13. The number of carbonyl (C=O) groups is 1. The third-order valence-electron chi connectivity index (χ3n) is 2.06. The number of rotatable bonds is 2. The maximum atomic E-state index is 10.6. The highest BCUT2D eigenvalue weighted by Gasteiger charge is 2.05. The molecule has 2 rings (SSSR count). The molecule has 2 heterocycles. The largest absolute Gasteiger partial charge is 0.477 e. The fourth-order valence-corrected chi connectivity index (χ4v) is 1.92. The van der Waals surface area contributed by atoms with Crippen LogP contribution in [0, 0.1) is 0 Å². The van der Waals surface area contributed by atoms with Crippen molar-refractivity contribution in [2.45, 2.75) is 0 Å². The number of carboxylic acid groups (broad SMARTS) is 1. The third kappa shape index (κ3) is 2.27. The van der Waals surface area contributed by atoms with E-state index in [4.69, 9.17) is 5.11 Å². The molecule has 0 amide bonds. The van der Waals surface area contributed by atoms with Crippen LogP contribution in [0.25, 0.3) is 5.57 Å². The molecule has 3 nitrogen and oxygen atoms in total. The van der Waals surface area contributed by atoms with Crippen LogP contribution in [0.4, 0.5) is 0 Å². The molecule has 0 aromatic carbocycles. The molecule has 1 N–H and O–H groups in total. The minimum atomic E-state index is -0.995. The van der Waals surface area contributed by atoms with E-state index in [9.17, 15) is 4.79 Å². The normalized spacial score (nSPS) is 14.8. The second-order valence-corrected chi connectivity index (χ2v) is 3.97. The van der Waals surface area contributed by atoms with Crippen LogP contribution in [0.5, 0.6) is 0 Å². The number of allylic oxidation sites excluding steroid dienone is 2. The molecule has 0 spiro atoms. The van der Waals surface area contributed by atoms with E-state index in [1.165, 1.54) is 6.07 Å². The van der Waals surface area contributed by atoms with E-state index in [2.05, 4.69) is 11.1 Å². The number of hydrogen-bond donors (Lipinski definition) is 1. The third-order valence-corrected chi connectivity index (χ3v) is 2.75. The quantitative estimate of drug-likeness (QED) is 0.830. The van der Waals surface area contributed by atoms with Gasteiger partial charge in [0.05, 0.1) is 0 Å². The van der Waals surface area contributed by atoms with Crippen molar-refractivity contribution in [3.63, 3.8) is 0 Å². The maximum Gasteiger partial charge on any atom is 0.354 e. The van der Waals surface area contributed by atoms with E-state index < -0.39 is 5.97 Å². The van der Waals surface area contributed by atoms with Gasteiger partial charge in [-0.25, -0.2) is 9.78 Å². The molecule has 4 heteroatoms. The van der Waals surface area contributed by atoms with E-state index >= 15 is 0 Å². The minimum Gasteiger partial charge on any atom is -0.477 e. The molecule has 0 bridgehead atoms. The predicted octanol–water partition coefficient (Wildman–Crippen LogP) is 2.42. The highest BCUT2D eigenvalue weighted by molar-refractivity contribution is 8.02. The molecule has 0 atom stereocenters. The first-order valence-electron chi connectivity index (χ1n) is 4.45. The summed E-state index contributed by atoms with van der Waals surface area (Å²) in [6.45, 7) is 0. The molecular formula is C11H9NO2S. The molecule has 1 aromatic heterocycles. The summed E-state index contributed by atoms with van der Waals surface area (Å²) in [4.78, 5) is 14.5. The lowest BCUT2D eigenvalue weighted by Gasteiger charge is -2.06. The van der Waals surface area contributed by atoms with Gasteiger partial charge in [-0.3, -0.25) is 0 Å². The molecule has 0 aliphatic carbocycles. The number of aromatic carboxylic acids is 1. The monoisotopic (exact) mass is 219 g/mol. The van der Waals surface area contributed by atoms with Crippen LogP contribution in [-0.4, -0.2) is 21.8 Å². The molecule has 0 saturated carbocycles. The standard InChI is InChI=1S/C11H9NO2S/c13-11(14)10-2-1-9(7-12-10)8-3-5-15-6-4-8/h1-5,7H,6H2,(H,13,14). The smallest absolute Gasteiger partial charge is 0.354 e. The van der Waals surface area contributed by atoms with E-state index in [-0.39, 0.29) is 5.69 Å². The Morgan fingerprint density at radius 3 is 2.87 bits per heavy atom. The number of nitrogens with zero attached hydrogens (tertiary/aromatic N) is 1. The van der Waals surface area contributed by atoms with Crippen LogP contribution < -0.4 is 0 Å². The summed E-state index contributed by atoms with van der Waals surface area (Å²) >= 11 is 1.73. The Balaban J connectivity index is 2.27. The second-order valence-electron chi connectivity index (χ2n) is 3.03. The van der Waals surface area contributed by atoms with Crippen LogP contribution in [0.1, 0.15) is 16.1 Å². The van der Waals surface area contributed by atoms with Gasteiger partial charge >= 0.3 is 5.97 Å². The van der Waals surface area contributed by atoms with Gasteiger partial charge < -0.3 is 5.11 Å². The van der Waals surface area contributed by atoms with Crippen LogP contribution in [0.3, 0.4) is 0 Å². The first-order valence-corrected chi connectivity index (χ1v) is 5.50. The summed E-state index contributed by atoms with van der Waals surface area (Å²) in [5.74, 6) is -0.0442. The highest BCUT2D eigenvalue weighted by atomic mass is 32.2. The van der Waals surface area contributed by atoms with E-state index in [0.29, 0.717) is 0 Å². The van der Waals surface area contributed by atoms with Gasteiger partial charge in [-0.15, -0.1) is 11.8 Å². The van der Waals surface area contributed by atoms with Crippen molar-refractivity contribution in [3.8, 4) is 0 Å². The van der Waals surface area contributed by atoms with Crippen LogP contribution >= 0.6 is 11.8 Å². The van der Waals surface area contributed by atoms with Crippen molar-refractivity contribution in [2.75, 3.05) is 5.75 Å². The maximum absolute atomic E-state index is 10.6. The summed E-state index contributed by atoms with van der Waals surface area (Å²) in [5, 5.41) is 10.7. The predicted molar refractivity (Wildman–Crippen MR) is 60.8 cm³/mol. The van der Waals surface area contributed by atoms with Crippen LogP contribution in [0.2, 0.25) is 0 Å². The molecule has 0 saturated heterocycles. The molecule has 0 fully saturated rings. The van der Waals surface area contributed by atoms with Crippen molar-refractivity contribution in [2.24, 2.45) is 0 Å². The van der Waals surface area contributed by atoms with Gasteiger partial charge in [-0.05, 0) is 28.7 Å². The van der Waals surface area contributed by atoms with Gasteiger partial charge in [-0.2, -0.15) is 0 Å². The Hall–Kier alpha value is -1.55. The van der Waals surface area contributed by atoms with Gasteiger partial charge in [0.15, 0.2) is 0 Å². The Bertz CT molecular complexity index is 434. The zero-order chi connectivity index (χ0) is 10.7. The van der Waals surface area contributed by atoms with Crippen molar-refractivity contribution >= 4 is 23.3 Å². The van der Waals surface area contributed by atoms with Crippen molar-refractivity contribution in [1.29, 1.82) is 0 Å². The molecule has 1 aliphatic rings. The highest BCUT2D eigenvalue weighted by Crippen LogP contribution is 2.22. The fourth-order valence-electron chi connectivity index (χ4n) is 1.29. The first-order chi connectivity index (χ1) is 7.27. The van der Waals surface area contributed by atoms with Gasteiger partial charge in [0.2, 0.25) is 0 Å². The number of carboxylic acids is 1. The molecular weight excluding hydrogens is 210 g/mol. The lowest BCUT2D eigenvalue weighted by Crippen LogP contribution is -2.00. The number of pyridine rings is 1. The summed E-state index contributed by atoms with van der Waals surface area (Å²) < 4.78 is 0. The molecule has 15 heavy (non-hydrogen) atoms. The summed E-state index contributed by atoms with van der Waals surface area (Å²) in [6, 6.07) is 3.30. The Morgan fingerprint density at radius 1 is 1.47 bits per heavy atom. The van der Waals surface area contributed by atoms with Gasteiger partial charge in [-0.1, -0.05) is 12.1 Å². The van der Waals surface area contributed by atoms with Crippen molar-refractivity contribution in [1.82, 2.24) is 4.98 Å². The molecule has 0 radical (unpaired) electrons. The van der Waals surface area contributed by atoms with E-state index in [1.54, 1.807) is 24.0 Å². The molecule has 1 aliphatic heterocycles. The van der Waals surface area contributed by atoms with Gasteiger partial charge in [0.25, 0.3) is 0 Å². The minimum absolute atomic E-state index is 0.0773. The topological polar surface area (TPSA) is 50.2 Å². The van der Waals surface area contributed by atoms with Gasteiger partial charge in [0, 0.05) is 11.9 Å². The lowest BCUT2D eigenvalue weighted by atomic mass is 10.1. The molecule has 76 valence electrons. The second kappa shape index (κ2) is 4.31. The molecule has 0 unspecified atom stereocenters. The zero-order valence-electron chi connectivity index (χ0n) is 7.88.